The van der Waals surface area contributed by atoms with E-state index in [-0.39, 0.29) is 11.6 Å². The van der Waals surface area contributed by atoms with Crippen molar-refractivity contribution in [2.75, 3.05) is 34.4 Å². The maximum Gasteiger partial charge on any atom is 0.414 e. The summed E-state index contributed by atoms with van der Waals surface area (Å²) >= 11 is 5.42. The van der Waals surface area contributed by atoms with Gasteiger partial charge < -0.3 is 4.74 Å². The summed E-state index contributed by atoms with van der Waals surface area (Å²) in [6.45, 7) is 0.789. The number of carbonyl (C=O) groups is 1. The molecule has 0 atom stereocenters. The highest BCUT2D eigenvalue weighted by molar-refractivity contribution is 7.92. The maximum absolute atomic E-state index is 11.6. The zero-order chi connectivity index (χ0) is 13.9. The number of anilines is 2. The SMILES string of the molecule is O=C1OCCN1c1cccc(NS(=O)(=O)CCCl)c1. The number of ether oxygens (including phenoxy) is 1. The zero-order valence-electron chi connectivity index (χ0n) is 10.0. The second-order valence-corrected chi connectivity index (χ2v) is 6.15. The monoisotopic (exact) mass is 304 g/mol. The van der Waals surface area contributed by atoms with E-state index in [1.807, 2.05) is 0 Å². The lowest BCUT2D eigenvalue weighted by Crippen LogP contribution is -2.23. The Hall–Kier alpha value is -1.47. The van der Waals surface area contributed by atoms with E-state index in [9.17, 15) is 13.2 Å². The Morgan fingerprint density at radius 1 is 1.42 bits per heavy atom. The van der Waals surface area contributed by atoms with Gasteiger partial charge >= 0.3 is 6.09 Å². The van der Waals surface area contributed by atoms with Crippen LogP contribution < -0.4 is 9.62 Å². The number of carbonyl (C=O) groups excluding carboxylic acids is 1. The van der Waals surface area contributed by atoms with Crippen LogP contribution in [0, 0.1) is 0 Å². The molecule has 1 aromatic carbocycles. The summed E-state index contributed by atoms with van der Waals surface area (Å²) in [6.07, 6.45) is -0.430. The highest BCUT2D eigenvalue weighted by Crippen LogP contribution is 2.23. The van der Waals surface area contributed by atoms with E-state index in [1.54, 1.807) is 24.3 Å². The summed E-state index contributed by atoms with van der Waals surface area (Å²) in [7, 11) is -3.46. The average molecular weight is 305 g/mol. The Bertz CT molecular complexity index is 576. The Morgan fingerprint density at radius 3 is 2.84 bits per heavy atom. The van der Waals surface area contributed by atoms with Crippen LogP contribution in [0.15, 0.2) is 24.3 Å². The maximum atomic E-state index is 11.6. The first-order valence-corrected chi connectivity index (χ1v) is 7.81. The van der Waals surface area contributed by atoms with Crippen molar-refractivity contribution in [3.05, 3.63) is 24.3 Å². The summed E-state index contributed by atoms with van der Waals surface area (Å²) in [5, 5.41) is 0. The molecule has 2 rings (SSSR count). The second kappa shape index (κ2) is 5.66. The molecule has 1 heterocycles. The number of nitrogens with one attached hydrogen (secondary N) is 1. The first-order valence-electron chi connectivity index (χ1n) is 5.63. The van der Waals surface area contributed by atoms with E-state index in [4.69, 9.17) is 16.3 Å². The van der Waals surface area contributed by atoms with Gasteiger partial charge in [-0.25, -0.2) is 13.2 Å². The highest BCUT2D eigenvalue weighted by atomic mass is 35.5. The first kappa shape index (κ1) is 14.0. The molecule has 8 heteroatoms. The number of alkyl halides is 1. The smallest absolute Gasteiger partial charge is 0.414 e. The minimum atomic E-state index is -3.46. The van der Waals surface area contributed by atoms with Gasteiger partial charge in [-0.1, -0.05) is 6.07 Å². The molecule has 104 valence electrons. The quantitative estimate of drug-likeness (QED) is 0.839. The molecule has 19 heavy (non-hydrogen) atoms. The Labute approximate surface area is 116 Å². The molecule has 0 unspecified atom stereocenters. The van der Waals surface area contributed by atoms with Crippen molar-refractivity contribution < 1.29 is 17.9 Å². The minimum Gasteiger partial charge on any atom is -0.447 e. The number of nitrogens with zero attached hydrogens (tertiary/aromatic N) is 1. The molecule has 6 nitrogen and oxygen atoms in total. The molecule has 1 aromatic rings. The third kappa shape index (κ3) is 3.51. The van der Waals surface area contributed by atoms with Crippen molar-refractivity contribution in [3.63, 3.8) is 0 Å². The fourth-order valence-electron chi connectivity index (χ4n) is 1.70. The van der Waals surface area contributed by atoms with Gasteiger partial charge in [-0.05, 0) is 18.2 Å². The molecule has 0 saturated carbocycles. The molecule has 0 radical (unpaired) electrons. The van der Waals surface area contributed by atoms with E-state index in [1.165, 1.54) is 4.90 Å². The van der Waals surface area contributed by atoms with Crippen LogP contribution in [0.2, 0.25) is 0 Å². The molecule has 0 aromatic heterocycles. The molecule has 1 saturated heterocycles. The van der Waals surface area contributed by atoms with Gasteiger partial charge in [0.05, 0.1) is 18.0 Å². The summed E-state index contributed by atoms with van der Waals surface area (Å²) < 4.78 is 30.4. The number of halogens is 1. The number of hydrogen-bond donors (Lipinski definition) is 1. The van der Waals surface area contributed by atoms with Crippen LogP contribution >= 0.6 is 11.6 Å². The second-order valence-electron chi connectivity index (χ2n) is 3.93. The lowest BCUT2D eigenvalue weighted by atomic mass is 10.2. The third-order valence-electron chi connectivity index (χ3n) is 2.54. The number of hydrogen-bond acceptors (Lipinski definition) is 4. The lowest BCUT2D eigenvalue weighted by Gasteiger charge is -2.14. The van der Waals surface area contributed by atoms with Crippen molar-refractivity contribution in [3.8, 4) is 0 Å². The molecule has 0 aliphatic carbocycles. The first-order chi connectivity index (χ1) is 9.02. The van der Waals surface area contributed by atoms with E-state index in [0.29, 0.717) is 24.5 Å². The van der Waals surface area contributed by atoms with Gasteiger partial charge in [0, 0.05) is 11.6 Å². The molecule has 1 amide bonds. The molecule has 1 N–H and O–H groups in total. The van der Waals surface area contributed by atoms with Gasteiger partial charge in [0.25, 0.3) is 0 Å². The van der Waals surface area contributed by atoms with Gasteiger partial charge in [0.2, 0.25) is 10.0 Å². The number of cyclic esters (lactones) is 1. The predicted molar refractivity (Wildman–Crippen MR) is 73.3 cm³/mol. The van der Waals surface area contributed by atoms with Gasteiger partial charge in [0.1, 0.15) is 6.61 Å². The van der Waals surface area contributed by atoms with E-state index < -0.39 is 16.1 Å². The molecule has 0 bridgehead atoms. The van der Waals surface area contributed by atoms with E-state index in [2.05, 4.69) is 4.72 Å². The molecule has 1 aliphatic heterocycles. The standard InChI is InChI=1S/C11H13ClN2O4S/c12-4-7-19(16,17)13-9-2-1-3-10(8-9)14-5-6-18-11(14)15/h1-3,8,13H,4-7H2. The fraction of sp³-hybridized carbons (Fsp3) is 0.364. The minimum absolute atomic E-state index is 0.0213. The van der Waals surface area contributed by atoms with Crippen LogP contribution in [-0.2, 0) is 14.8 Å². The van der Waals surface area contributed by atoms with Gasteiger partial charge in [0.15, 0.2) is 0 Å². The van der Waals surface area contributed by atoms with Crippen LogP contribution in [0.5, 0.6) is 0 Å². The van der Waals surface area contributed by atoms with Crippen LogP contribution in [0.3, 0.4) is 0 Å². The molecule has 1 fully saturated rings. The van der Waals surface area contributed by atoms with Gasteiger partial charge in [-0.15, -0.1) is 11.6 Å². The number of benzene rings is 1. The van der Waals surface area contributed by atoms with Gasteiger partial charge in [-0.3, -0.25) is 9.62 Å². The number of amides is 1. The van der Waals surface area contributed by atoms with Gasteiger partial charge in [-0.2, -0.15) is 0 Å². The third-order valence-corrected chi connectivity index (χ3v) is 4.24. The lowest BCUT2D eigenvalue weighted by molar-refractivity contribution is 0.181. The Morgan fingerprint density at radius 2 is 2.21 bits per heavy atom. The largest absolute Gasteiger partial charge is 0.447 e. The topological polar surface area (TPSA) is 75.7 Å². The molecule has 1 aliphatic rings. The normalized spacial score (nSPS) is 15.4. The summed E-state index contributed by atoms with van der Waals surface area (Å²) in [6, 6.07) is 6.57. The summed E-state index contributed by atoms with van der Waals surface area (Å²) in [5.41, 5.74) is 0.982. The summed E-state index contributed by atoms with van der Waals surface area (Å²) in [5.74, 6) is -0.141. The van der Waals surface area contributed by atoms with Crippen molar-refractivity contribution in [2.45, 2.75) is 0 Å². The highest BCUT2D eigenvalue weighted by Gasteiger charge is 2.23. The van der Waals surface area contributed by atoms with Crippen molar-refractivity contribution in [1.82, 2.24) is 0 Å². The number of sulfonamides is 1. The summed E-state index contributed by atoms with van der Waals surface area (Å²) in [4.78, 5) is 12.9. The Kier molecular flexibility index (Phi) is 4.16. The fourth-order valence-corrected chi connectivity index (χ4v) is 3.10. The molecular formula is C11H13ClN2O4S. The molecular weight excluding hydrogens is 292 g/mol. The zero-order valence-corrected chi connectivity index (χ0v) is 11.6. The van der Waals surface area contributed by atoms with Crippen LogP contribution in [0.4, 0.5) is 16.2 Å². The average Bonchev–Trinajstić information content (AvgIpc) is 2.75. The van der Waals surface area contributed by atoms with E-state index >= 15 is 0 Å². The van der Waals surface area contributed by atoms with Crippen LogP contribution in [-0.4, -0.2) is 39.3 Å². The molecule has 0 spiro atoms. The van der Waals surface area contributed by atoms with Crippen LogP contribution in [0.25, 0.3) is 0 Å². The van der Waals surface area contributed by atoms with Crippen molar-refractivity contribution in [1.29, 1.82) is 0 Å². The van der Waals surface area contributed by atoms with Crippen LogP contribution in [0.1, 0.15) is 0 Å². The Balaban J connectivity index is 2.18. The number of rotatable bonds is 5. The van der Waals surface area contributed by atoms with Crippen molar-refractivity contribution >= 4 is 39.1 Å². The van der Waals surface area contributed by atoms with E-state index in [0.717, 1.165) is 0 Å². The predicted octanol–water partition coefficient (Wildman–Crippen LogP) is 1.62. The van der Waals surface area contributed by atoms with Crippen molar-refractivity contribution in [2.24, 2.45) is 0 Å².